The Morgan fingerprint density at radius 1 is 1.32 bits per heavy atom. The van der Waals surface area contributed by atoms with E-state index < -0.39 is 5.91 Å². The molecule has 0 aliphatic carbocycles. The van der Waals surface area contributed by atoms with E-state index in [-0.39, 0.29) is 24.0 Å². The van der Waals surface area contributed by atoms with E-state index in [0.29, 0.717) is 12.2 Å². The van der Waals surface area contributed by atoms with E-state index in [1.54, 1.807) is 36.7 Å². The highest BCUT2D eigenvalue weighted by molar-refractivity contribution is 5.94. The second-order valence-corrected chi connectivity index (χ2v) is 4.84. The van der Waals surface area contributed by atoms with Gasteiger partial charge in [0.1, 0.15) is 5.82 Å². The summed E-state index contributed by atoms with van der Waals surface area (Å²) in [6.45, 7) is 3.74. The normalized spacial score (nSPS) is 10.5. The van der Waals surface area contributed by atoms with Crippen LogP contribution in [-0.4, -0.2) is 39.6 Å². The van der Waals surface area contributed by atoms with Crippen LogP contribution in [0.25, 0.3) is 5.69 Å². The Morgan fingerprint density at radius 3 is 2.50 bits per heavy atom. The minimum atomic E-state index is -0.579. The van der Waals surface area contributed by atoms with Gasteiger partial charge in [-0.05, 0) is 44.2 Å². The van der Waals surface area contributed by atoms with Crippen molar-refractivity contribution in [2.24, 2.45) is 5.73 Å². The number of rotatable bonds is 5. The predicted octanol–water partition coefficient (Wildman–Crippen LogP) is 1.27. The smallest absolute Gasteiger partial charge is 0.274 e. The summed E-state index contributed by atoms with van der Waals surface area (Å²) in [5, 5.41) is 4.24. The van der Waals surface area contributed by atoms with Crippen LogP contribution in [0.5, 0.6) is 0 Å². The van der Waals surface area contributed by atoms with E-state index >= 15 is 0 Å². The first-order valence-electron chi connectivity index (χ1n) is 6.82. The number of hydrogen-bond acceptors (Lipinski definition) is 3. The Morgan fingerprint density at radius 2 is 1.95 bits per heavy atom. The van der Waals surface area contributed by atoms with Gasteiger partial charge in [0.25, 0.3) is 5.91 Å². The molecule has 2 amide bonds. The Bertz CT molecular complexity index is 694. The maximum absolute atomic E-state index is 13.0. The molecular formula is C15H17FN4O2. The minimum Gasteiger partial charge on any atom is -0.368 e. The second kappa shape index (κ2) is 6.38. The molecule has 0 saturated carbocycles. The van der Waals surface area contributed by atoms with Crippen molar-refractivity contribution in [1.29, 1.82) is 0 Å². The summed E-state index contributed by atoms with van der Waals surface area (Å²) >= 11 is 0. The summed E-state index contributed by atoms with van der Waals surface area (Å²) in [4.78, 5) is 24.7. The average molecular weight is 304 g/mol. The highest BCUT2D eigenvalue weighted by atomic mass is 19.1. The van der Waals surface area contributed by atoms with Crippen LogP contribution in [0, 0.1) is 12.7 Å². The molecule has 0 fully saturated rings. The zero-order valence-electron chi connectivity index (χ0n) is 12.4. The molecule has 0 spiro atoms. The fourth-order valence-electron chi connectivity index (χ4n) is 2.10. The van der Waals surface area contributed by atoms with Crippen molar-refractivity contribution in [2.75, 3.05) is 13.1 Å². The van der Waals surface area contributed by atoms with Crippen LogP contribution in [0.15, 0.2) is 30.3 Å². The number of nitrogens with zero attached hydrogens (tertiary/aromatic N) is 3. The number of hydrogen-bond donors (Lipinski definition) is 1. The number of carbonyl (C=O) groups is 2. The van der Waals surface area contributed by atoms with Gasteiger partial charge in [-0.1, -0.05) is 0 Å². The number of aromatic nitrogens is 2. The molecule has 0 atom stereocenters. The number of carbonyl (C=O) groups excluding carboxylic acids is 2. The van der Waals surface area contributed by atoms with Gasteiger partial charge in [-0.15, -0.1) is 0 Å². The summed E-state index contributed by atoms with van der Waals surface area (Å²) in [6, 6.07) is 7.41. The van der Waals surface area contributed by atoms with Crippen molar-refractivity contribution in [2.45, 2.75) is 13.8 Å². The van der Waals surface area contributed by atoms with E-state index in [1.807, 2.05) is 0 Å². The number of nitrogens with two attached hydrogens (primary N) is 1. The molecule has 0 saturated heterocycles. The number of likely N-dealkylation sites (N-methyl/N-ethyl adjacent to an activating group) is 1. The maximum Gasteiger partial charge on any atom is 0.274 e. The summed E-state index contributed by atoms with van der Waals surface area (Å²) in [5.41, 5.74) is 6.72. The lowest BCUT2D eigenvalue weighted by molar-refractivity contribution is -0.118. The third-order valence-corrected chi connectivity index (χ3v) is 3.19. The monoisotopic (exact) mass is 304 g/mol. The van der Waals surface area contributed by atoms with Crippen molar-refractivity contribution in [3.8, 4) is 5.69 Å². The summed E-state index contributed by atoms with van der Waals surface area (Å²) in [6.07, 6.45) is 0. The molecule has 0 bridgehead atoms. The maximum atomic E-state index is 13.0. The van der Waals surface area contributed by atoms with Gasteiger partial charge in [-0.25, -0.2) is 9.07 Å². The quantitative estimate of drug-likeness (QED) is 0.903. The van der Waals surface area contributed by atoms with Crippen molar-refractivity contribution in [3.63, 3.8) is 0 Å². The van der Waals surface area contributed by atoms with Crippen molar-refractivity contribution in [3.05, 3.63) is 47.5 Å². The van der Waals surface area contributed by atoms with Gasteiger partial charge in [0.2, 0.25) is 5.91 Å². The standard InChI is InChI=1S/C15H17FN4O2/c1-3-19(9-14(17)21)15(22)13-8-10(2)20(18-13)12-6-4-11(16)5-7-12/h4-8H,3,9H2,1-2H3,(H2,17,21). The lowest BCUT2D eigenvalue weighted by Gasteiger charge is -2.17. The van der Waals surface area contributed by atoms with E-state index in [4.69, 9.17) is 5.73 Å². The van der Waals surface area contributed by atoms with Gasteiger partial charge in [0.15, 0.2) is 5.69 Å². The fourth-order valence-corrected chi connectivity index (χ4v) is 2.10. The van der Waals surface area contributed by atoms with E-state index in [2.05, 4.69) is 5.10 Å². The van der Waals surface area contributed by atoms with Crippen molar-refractivity contribution < 1.29 is 14.0 Å². The molecular weight excluding hydrogens is 287 g/mol. The molecule has 2 N–H and O–H groups in total. The number of benzene rings is 1. The van der Waals surface area contributed by atoms with Gasteiger partial charge in [0, 0.05) is 12.2 Å². The van der Waals surface area contributed by atoms with Crippen molar-refractivity contribution >= 4 is 11.8 Å². The highest BCUT2D eigenvalue weighted by Gasteiger charge is 2.20. The third kappa shape index (κ3) is 3.30. The van der Waals surface area contributed by atoms with Gasteiger partial charge in [-0.3, -0.25) is 9.59 Å². The molecule has 2 aromatic rings. The second-order valence-electron chi connectivity index (χ2n) is 4.84. The molecule has 6 nitrogen and oxygen atoms in total. The molecule has 7 heteroatoms. The minimum absolute atomic E-state index is 0.155. The first-order valence-corrected chi connectivity index (χ1v) is 6.82. The highest BCUT2D eigenvalue weighted by Crippen LogP contribution is 2.14. The van der Waals surface area contributed by atoms with E-state index in [1.165, 1.54) is 17.0 Å². The summed E-state index contributed by atoms with van der Waals surface area (Å²) in [7, 11) is 0. The van der Waals surface area contributed by atoms with E-state index in [0.717, 1.165) is 5.69 Å². The lowest BCUT2D eigenvalue weighted by Crippen LogP contribution is -2.38. The van der Waals surface area contributed by atoms with Crippen LogP contribution < -0.4 is 5.73 Å². The molecule has 2 rings (SSSR count). The molecule has 1 heterocycles. The first-order chi connectivity index (χ1) is 10.4. The Hall–Kier alpha value is -2.70. The molecule has 0 unspecified atom stereocenters. The van der Waals surface area contributed by atoms with Crippen LogP contribution >= 0.6 is 0 Å². The van der Waals surface area contributed by atoms with Crippen LogP contribution in [0.2, 0.25) is 0 Å². The van der Waals surface area contributed by atoms with Crippen LogP contribution in [0.4, 0.5) is 4.39 Å². The number of primary amides is 1. The van der Waals surface area contributed by atoms with Crippen molar-refractivity contribution in [1.82, 2.24) is 14.7 Å². The zero-order valence-corrected chi connectivity index (χ0v) is 12.4. The average Bonchev–Trinajstić information content (AvgIpc) is 2.86. The number of aryl methyl sites for hydroxylation is 1. The molecule has 116 valence electrons. The van der Waals surface area contributed by atoms with Gasteiger partial charge >= 0.3 is 0 Å². The summed E-state index contributed by atoms with van der Waals surface area (Å²) in [5.74, 6) is -1.29. The van der Waals surface area contributed by atoms with Crippen LogP contribution in [0.3, 0.4) is 0 Å². The predicted molar refractivity (Wildman–Crippen MR) is 79.0 cm³/mol. The zero-order chi connectivity index (χ0) is 16.3. The van der Waals surface area contributed by atoms with Crippen LogP contribution in [-0.2, 0) is 4.79 Å². The van der Waals surface area contributed by atoms with Gasteiger partial charge in [-0.2, -0.15) is 5.10 Å². The summed E-state index contributed by atoms with van der Waals surface area (Å²) < 4.78 is 14.5. The Kier molecular flexibility index (Phi) is 4.55. The SMILES string of the molecule is CCN(CC(N)=O)C(=O)c1cc(C)n(-c2ccc(F)cc2)n1. The molecule has 22 heavy (non-hydrogen) atoms. The van der Waals surface area contributed by atoms with Gasteiger partial charge < -0.3 is 10.6 Å². The van der Waals surface area contributed by atoms with E-state index in [9.17, 15) is 14.0 Å². The number of halogens is 1. The third-order valence-electron chi connectivity index (χ3n) is 3.19. The van der Waals surface area contributed by atoms with Gasteiger partial charge in [0.05, 0.1) is 12.2 Å². The molecule has 1 aromatic carbocycles. The fraction of sp³-hybridized carbons (Fsp3) is 0.267. The number of amides is 2. The first kappa shape index (κ1) is 15.7. The lowest BCUT2D eigenvalue weighted by atomic mass is 10.3. The topological polar surface area (TPSA) is 81.2 Å². The Balaban J connectivity index is 2.30. The Labute approximate surface area is 127 Å². The largest absolute Gasteiger partial charge is 0.368 e. The molecule has 0 aliphatic rings. The molecule has 0 aliphatic heterocycles. The van der Waals surface area contributed by atoms with Crippen LogP contribution in [0.1, 0.15) is 23.1 Å². The molecule has 0 radical (unpaired) electrons. The molecule has 1 aromatic heterocycles.